The van der Waals surface area contributed by atoms with Crippen LogP contribution >= 0.6 is 11.6 Å². The number of hydrogen-bond donors (Lipinski definition) is 0. The molecule has 1 aliphatic heterocycles. The zero-order valence-electron chi connectivity index (χ0n) is 14.5. The molecule has 3 rings (SSSR count). The fraction of sp³-hybridized carbons (Fsp3) is 0.368. The van der Waals surface area contributed by atoms with Gasteiger partial charge in [0.15, 0.2) is 0 Å². The van der Waals surface area contributed by atoms with Crippen LogP contribution in [0, 0.1) is 5.82 Å². The molecule has 25 heavy (non-hydrogen) atoms. The summed E-state index contributed by atoms with van der Waals surface area (Å²) < 4.78 is 20.2. The van der Waals surface area contributed by atoms with Gasteiger partial charge in [-0.15, -0.1) is 0 Å². The molecule has 6 heteroatoms. The van der Waals surface area contributed by atoms with Crippen molar-refractivity contribution in [3.8, 4) is 0 Å². The maximum Gasteiger partial charge on any atom is 0.410 e. The van der Waals surface area contributed by atoms with Crippen LogP contribution in [0.25, 0.3) is 16.5 Å². The molecule has 1 amide bonds. The molecule has 1 aromatic carbocycles. The Morgan fingerprint density at radius 3 is 2.68 bits per heavy atom. The van der Waals surface area contributed by atoms with Gasteiger partial charge in [0.05, 0.1) is 5.52 Å². The van der Waals surface area contributed by atoms with E-state index in [1.807, 2.05) is 26.8 Å². The molecular weight excluding hydrogens is 343 g/mol. The number of ether oxygens (including phenoxy) is 1. The molecule has 0 atom stereocenters. The first-order valence-corrected chi connectivity index (χ1v) is 8.54. The van der Waals surface area contributed by atoms with Gasteiger partial charge in [-0.05, 0) is 57.0 Å². The molecule has 0 bridgehead atoms. The van der Waals surface area contributed by atoms with Gasteiger partial charge in [-0.3, -0.25) is 0 Å². The van der Waals surface area contributed by atoms with Crippen molar-refractivity contribution in [1.29, 1.82) is 0 Å². The minimum atomic E-state index is -0.528. The van der Waals surface area contributed by atoms with Crippen LogP contribution in [0.15, 0.2) is 30.3 Å². The molecule has 1 aromatic heterocycles. The summed E-state index contributed by atoms with van der Waals surface area (Å²) in [6.07, 6.45) is 2.10. The van der Waals surface area contributed by atoms with E-state index in [-0.39, 0.29) is 11.9 Å². The lowest BCUT2D eigenvalue weighted by atomic mass is 9.97. The maximum absolute atomic E-state index is 14.8. The van der Waals surface area contributed by atoms with Gasteiger partial charge in [0.1, 0.15) is 16.6 Å². The molecule has 0 fully saturated rings. The minimum Gasteiger partial charge on any atom is -0.444 e. The van der Waals surface area contributed by atoms with E-state index in [1.165, 1.54) is 0 Å². The number of aromatic nitrogens is 1. The van der Waals surface area contributed by atoms with Crippen molar-refractivity contribution in [1.82, 2.24) is 9.88 Å². The molecule has 2 heterocycles. The summed E-state index contributed by atoms with van der Waals surface area (Å²) >= 11 is 5.86. The van der Waals surface area contributed by atoms with Gasteiger partial charge in [-0.1, -0.05) is 17.7 Å². The first-order valence-electron chi connectivity index (χ1n) is 8.17. The average Bonchev–Trinajstić information content (AvgIpc) is 2.53. The van der Waals surface area contributed by atoms with Crippen LogP contribution in [0.3, 0.4) is 0 Å². The second-order valence-electron chi connectivity index (χ2n) is 7.03. The van der Waals surface area contributed by atoms with Crippen LogP contribution in [0.2, 0.25) is 5.15 Å². The summed E-state index contributed by atoms with van der Waals surface area (Å²) in [5, 5.41) is 0.780. The van der Waals surface area contributed by atoms with E-state index in [1.54, 1.807) is 29.2 Å². The van der Waals surface area contributed by atoms with E-state index in [0.29, 0.717) is 41.1 Å². The van der Waals surface area contributed by atoms with E-state index >= 15 is 0 Å². The first-order chi connectivity index (χ1) is 11.7. The molecule has 0 N–H and O–H groups in total. The second kappa shape index (κ2) is 6.64. The quantitative estimate of drug-likeness (QED) is 0.666. The lowest BCUT2D eigenvalue weighted by Crippen LogP contribution is -2.39. The fourth-order valence-electron chi connectivity index (χ4n) is 2.80. The lowest BCUT2D eigenvalue weighted by molar-refractivity contribution is 0.0270. The van der Waals surface area contributed by atoms with Crippen LogP contribution in [0.5, 0.6) is 0 Å². The van der Waals surface area contributed by atoms with E-state index in [0.717, 1.165) is 5.57 Å². The molecule has 0 aliphatic carbocycles. The number of halogens is 2. The Balaban J connectivity index is 1.82. The van der Waals surface area contributed by atoms with Gasteiger partial charge in [-0.25, -0.2) is 14.2 Å². The van der Waals surface area contributed by atoms with Gasteiger partial charge < -0.3 is 9.64 Å². The predicted octanol–water partition coefficient (Wildman–Crippen LogP) is 5.05. The SMILES string of the molecule is CC(C)(C)OC(=O)N1CC=C(c2ccc3nc(Cl)ccc3c2F)CC1. The molecule has 0 spiro atoms. The average molecular weight is 363 g/mol. The van der Waals surface area contributed by atoms with Crippen molar-refractivity contribution >= 4 is 34.2 Å². The van der Waals surface area contributed by atoms with Crippen molar-refractivity contribution in [2.24, 2.45) is 0 Å². The molecule has 132 valence electrons. The summed E-state index contributed by atoms with van der Waals surface area (Å²) in [5.41, 5.74) is 1.43. The number of hydrogen-bond acceptors (Lipinski definition) is 3. The highest BCUT2D eigenvalue weighted by atomic mass is 35.5. The van der Waals surface area contributed by atoms with Crippen LogP contribution in [0.1, 0.15) is 32.8 Å². The smallest absolute Gasteiger partial charge is 0.410 e. The summed E-state index contributed by atoms with van der Waals surface area (Å²) in [7, 11) is 0. The Hall–Kier alpha value is -2.14. The van der Waals surface area contributed by atoms with E-state index in [2.05, 4.69) is 4.98 Å². The van der Waals surface area contributed by atoms with Gasteiger partial charge in [-0.2, -0.15) is 0 Å². The molecule has 0 saturated heterocycles. The molecule has 0 unspecified atom stereocenters. The first kappa shape index (κ1) is 17.7. The standard InChI is InChI=1S/C19H20ClFN2O2/c1-19(2,3)25-18(24)23-10-8-12(9-11-23)13-4-6-15-14(17(13)21)5-7-16(20)22-15/h4-8H,9-11H2,1-3H3. The van der Waals surface area contributed by atoms with Crippen LogP contribution in [0.4, 0.5) is 9.18 Å². The maximum atomic E-state index is 14.8. The highest BCUT2D eigenvalue weighted by Crippen LogP contribution is 2.30. The third-order valence-corrected chi connectivity index (χ3v) is 4.19. The lowest BCUT2D eigenvalue weighted by Gasteiger charge is -2.29. The summed E-state index contributed by atoms with van der Waals surface area (Å²) in [5.74, 6) is -0.307. The van der Waals surface area contributed by atoms with Crippen LogP contribution < -0.4 is 0 Å². The summed E-state index contributed by atoms with van der Waals surface area (Å²) in [6, 6.07) is 6.70. The normalized spacial score (nSPS) is 15.2. The number of carbonyl (C=O) groups excluding carboxylic acids is 1. The fourth-order valence-corrected chi connectivity index (χ4v) is 2.95. The highest BCUT2D eigenvalue weighted by Gasteiger charge is 2.24. The Morgan fingerprint density at radius 2 is 2.04 bits per heavy atom. The van der Waals surface area contributed by atoms with Gasteiger partial charge in [0, 0.05) is 24.0 Å². The zero-order valence-corrected chi connectivity index (χ0v) is 15.2. The molecule has 0 saturated carbocycles. The highest BCUT2D eigenvalue weighted by molar-refractivity contribution is 6.29. The second-order valence-corrected chi connectivity index (χ2v) is 7.42. The molecule has 4 nitrogen and oxygen atoms in total. The monoisotopic (exact) mass is 362 g/mol. The largest absolute Gasteiger partial charge is 0.444 e. The van der Waals surface area contributed by atoms with Crippen LogP contribution in [-0.2, 0) is 4.74 Å². The van der Waals surface area contributed by atoms with E-state index in [4.69, 9.17) is 16.3 Å². The third-order valence-electron chi connectivity index (χ3n) is 3.98. The number of carbonyl (C=O) groups is 1. The van der Waals surface area contributed by atoms with Crippen molar-refractivity contribution in [3.63, 3.8) is 0 Å². The van der Waals surface area contributed by atoms with Gasteiger partial charge in [0.25, 0.3) is 0 Å². The summed E-state index contributed by atoms with van der Waals surface area (Å²) in [4.78, 5) is 17.9. The van der Waals surface area contributed by atoms with Crippen LogP contribution in [-0.4, -0.2) is 34.7 Å². The number of pyridine rings is 1. The van der Waals surface area contributed by atoms with E-state index < -0.39 is 5.60 Å². The Kier molecular flexibility index (Phi) is 4.69. The van der Waals surface area contributed by atoms with E-state index in [9.17, 15) is 9.18 Å². The zero-order chi connectivity index (χ0) is 18.2. The summed E-state index contributed by atoms with van der Waals surface area (Å²) in [6.45, 7) is 6.40. The molecule has 1 aliphatic rings. The molecule has 2 aromatic rings. The molecular formula is C19H20ClFN2O2. The topological polar surface area (TPSA) is 42.4 Å². The predicted molar refractivity (Wildman–Crippen MR) is 97.1 cm³/mol. The minimum absolute atomic E-state index is 0.307. The number of amides is 1. The van der Waals surface area contributed by atoms with Gasteiger partial charge >= 0.3 is 6.09 Å². The van der Waals surface area contributed by atoms with Gasteiger partial charge in [0.2, 0.25) is 0 Å². The Morgan fingerprint density at radius 1 is 1.28 bits per heavy atom. The number of fused-ring (bicyclic) bond motifs is 1. The van der Waals surface area contributed by atoms with Crippen molar-refractivity contribution in [2.75, 3.05) is 13.1 Å². The molecule has 0 radical (unpaired) electrons. The number of nitrogens with zero attached hydrogens (tertiary/aromatic N) is 2. The Bertz CT molecular complexity index is 858. The number of benzene rings is 1. The van der Waals surface area contributed by atoms with Crippen molar-refractivity contribution < 1.29 is 13.9 Å². The van der Waals surface area contributed by atoms with Crippen molar-refractivity contribution in [3.05, 3.63) is 46.9 Å². The third kappa shape index (κ3) is 3.93. The number of rotatable bonds is 1. The van der Waals surface area contributed by atoms with Crippen molar-refractivity contribution in [2.45, 2.75) is 32.8 Å². The Labute approximate surface area is 151 Å².